The molecule has 0 saturated heterocycles. The van der Waals surface area contributed by atoms with E-state index in [0.717, 1.165) is 16.5 Å². The van der Waals surface area contributed by atoms with Gasteiger partial charge in [-0.2, -0.15) is 17.9 Å². The van der Waals surface area contributed by atoms with Gasteiger partial charge in [0.2, 0.25) is 5.82 Å². The maximum Gasteiger partial charge on any atom is 0.416 e. The molecule has 0 fully saturated rings. The first-order valence-corrected chi connectivity index (χ1v) is 11.3. The second-order valence-electron chi connectivity index (χ2n) is 7.93. The van der Waals surface area contributed by atoms with Crippen LogP contribution in [0.15, 0.2) is 47.4 Å². The van der Waals surface area contributed by atoms with Crippen LogP contribution in [0.5, 0.6) is 0 Å². The van der Waals surface area contributed by atoms with Crippen LogP contribution in [0.25, 0.3) is 17.2 Å². The van der Waals surface area contributed by atoms with Gasteiger partial charge in [-0.05, 0) is 36.4 Å². The zero-order chi connectivity index (χ0) is 28.5. The number of carbonyl (C=O) groups is 2. The van der Waals surface area contributed by atoms with Gasteiger partial charge in [-0.3, -0.25) is 9.36 Å². The van der Waals surface area contributed by atoms with Crippen LogP contribution in [-0.4, -0.2) is 70.5 Å². The van der Waals surface area contributed by atoms with E-state index >= 15 is 0 Å². The molecule has 0 radical (unpaired) electrons. The number of rotatable bonds is 8. The molecule has 39 heavy (non-hydrogen) atoms. The number of hydrogen-bond donors (Lipinski definition) is 2. The van der Waals surface area contributed by atoms with Crippen molar-refractivity contribution in [3.05, 3.63) is 75.3 Å². The molecule has 0 bridgehead atoms. The number of nitrogens with zero attached hydrogens (tertiary/aromatic N) is 7. The SMILES string of the molecule is COC(=O)c1cccnc1-n1nc(Cn2nc(-c3ccc(Cl)cc3)n(C[C@H](O)C(F)(F)F)c2=O)nc1C(N)=O. The largest absolute Gasteiger partial charge is 0.465 e. The Morgan fingerprint density at radius 1 is 1.18 bits per heavy atom. The molecule has 4 rings (SSSR count). The van der Waals surface area contributed by atoms with Crippen LogP contribution in [-0.2, 0) is 17.8 Å². The van der Waals surface area contributed by atoms with Gasteiger partial charge in [0.15, 0.2) is 23.6 Å². The highest BCUT2D eigenvalue weighted by molar-refractivity contribution is 6.30. The minimum Gasteiger partial charge on any atom is -0.465 e. The molecule has 0 aliphatic rings. The first-order valence-electron chi connectivity index (χ1n) is 10.9. The van der Waals surface area contributed by atoms with E-state index in [0.29, 0.717) is 9.59 Å². The molecule has 1 aromatic carbocycles. The summed E-state index contributed by atoms with van der Waals surface area (Å²) in [6.45, 7) is -1.67. The summed E-state index contributed by atoms with van der Waals surface area (Å²) in [7, 11) is 1.14. The second kappa shape index (κ2) is 10.7. The third-order valence-electron chi connectivity index (χ3n) is 5.31. The first kappa shape index (κ1) is 27.5. The Labute approximate surface area is 221 Å². The number of aliphatic hydroxyl groups is 1. The minimum absolute atomic E-state index is 0.0773. The molecule has 13 nitrogen and oxygen atoms in total. The maximum atomic E-state index is 13.1. The smallest absolute Gasteiger partial charge is 0.416 e. The lowest BCUT2D eigenvalue weighted by molar-refractivity contribution is -0.207. The number of aromatic nitrogens is 7. The number of primary amides is 1. The highest BCUT2D eigenvalue weighted by atomic mass is 35.5. The van der Waals surface area contributed by atoms with Crippen molar-refractivity contribution >= 4 is 23.5 Å². The van der Waals surface area contributed by atoms with E-state index in [-0.39, 0.29) is 28.6 Å². The van der Waals surface area contributed by atoms with Crippen molar-refractivity contribution < 1.29 is 32.6 Å². The summed E-state index contributed by atoms with van der Waals surface area (Å²) >= 11 is 5.89. The van der Waals surface area contributed by atoms with Gasteiger partial charge in [0, 0.05) is 16.8 Å². The summed E-state index contributed by atoms with van der Waals surface area (Å²) in [5, 5.41) is 18.2. The number of pyridine rings is 1. The summed E-state index contributed by atoms with van der Waals surface area (Å²) in [5.74, 6) is -2.86. The minimum atomic E-state index is -5.00. The molecular weight excluding hydrogens is 549 g/mol. The van der Waals surface area contributed by atoms with Crippen molar-refractivity contribution in [1.82, 2.24) is 34.1 Å². The Balaban J connectivity index is 1.80. The first-order chi connectivity index (χ1) is 18.4. The van der Waals surface area contributed by atoms with Crippen LogP contribution in [0.1, 0.15) is 26.8 Å². The molecule has 0 unspecified atom stereocenters. The lowest BCUT2D eigenvalue weighted by Crippen LogP contribution is -2.37. The van der Waals surface area contributed by atoms with Crippen LogP contribution in [0.3, 0.4) is 0 Å². The Morgan fingerprint density at radius 2 is 1.87 bits per heavy atom. The predicted molar refractivity (Wildman–Crippen MR) is 127 cm³/mol. The van der Waals surface area contributed by atoms with Crippen molar-refractivity contribution in [3.8, 4) is 17.2 Å². The quantitative estimate of drug-likeness (QED) is 0.297. The van der Waals surface area contributed by atoms with Crippen molar-refractivity contribution in [1.29, 1.82) is 0 Å². The van der Waals surface area contributed by atoms with Gasteiger partial charge in [-0.1, -0.05) is 11.6 Å². The highest BCUT2D eigenvalue weighted by Gasteiger charge is 2.39. The summed E-state index contributed by atoms with van der Waals surface area (Å²) in [6.07, 6.45) is -6.56. The van der Waals surface area contributed by atoms with Crippen molar-refractivity contribution in [2.45, 2.75) is 25.4 Å². The second-order valence-corrected chi connectivity index (χ2v) is 8.37. The highest BCUT2D eigenvalue weighted by Crippen LogP contribution is 2.24. The monoisotopic (exact) mass is 566 g/mol. The molecule has 0 aliphatic heterocycles. The summed E-state index contributed by atoms with van der Waals surface area (Å²) in [5.41, 5.74) is 4.54. The molecular formula is C22H18ClF3N8O5. The van der Waals surface area contributed by atoms with Crippen LogP contribution >= 0.6 is 11.6 Å². The average molecular weight is 567 g/mol. The molecule has 0 aliphatic carbocycles. The number of esters is 1. The predicted octanol–water partition coefficient (Wildman–Crippen LogP) is 1.20. The number of nitrogens with two attached hydrogens (primary N) is 1. The molecule has 17 heteroatoms. The van der Waals surface area contributed by atoms with Crippen molar-refractivity contribution in [3.63, 3.8) is 0 Å². The van der Waals surface area contributed by atoms with Gasteiger partial charge in [0.1, 0.15) is 12.1 Å². The normalized spacial score (nSPS) is 12.4. The summed E-state index contributed by atoms with van der Waals surface area (Å²) in [4.78, 5) is 45.4. The molecule has 3 aromatic heterocycles. The molecule has 1 amide bonds. The molecule has 3 heterocycles. The van der Waals surface area contributed by atoms with E-state index in [1.54, 1.807) is 0 Å². The summed E-state index contributed by atoms with van der Waals surface area (Å²) in [6, 6.07) is 8.54. The summed E-state index contributed by atoms with van der Waals surface area (Å²) < 4.78 is 46.2. The number of benzene rings is 1. The number of halogens is 4. The van der Waals surface area contributed by atoms with Crippen LogP contribution < -0.4 is 11.4 Å². The van der Waals surface area contributed by atoms with Crippen molar-refractivity contribution in [2.24, 2.45) is 5.73 Å². The number of ether oxygens (including phenoxy) is 1. The van der Waals surface area contributed by atoms with Gasteiger partial charge in [-0.25, -0.2) is 24.2 Å². The Bertz CT molecular complexity index is 1600. The van der Waals surface area contributed by atoms with E-state index in [4.69, 9.17) is 22.1 Å². The number of alkyl halides is 3. The van der Waals surface area contributed by atoms with E-state index in [1.807, 2.05) is 0 Å². The average Bonchev–Trinajstić information content (AvgIpc) is 3.45. The topological polar surface area (TPSA) is 173 Å². The number of hydrogen-bond acceptors (Lipinski definition) is 9. The molecule has 0 saturated carbocycles. The molecule has 204 valence electrons. The molecule has 1 atom stereocenters. The lowest BCUT2D eigenvalue weighted by atomic mass is 10.2. The van der Waals surface area contributed by atoms with Gasteiger partial charge < -0.3 is 15.6 Å². The van der Waals surface area contributed by atoms with E-state index in [2.05, 4.69) is 20.2 Å². The van der Waals surface area contributed by atoms with Gasteiger partial charge in [0.05, 0.1) is 13.7 Å². The zero-order valence-electron chi connectivity index (χ0n) is 19.8. The standard InChI is InChI=1S/C22H18ClF3N8O5/c1-39-20(37)13-3-2-8-28-18(13)34-19(16(27)36)29-15(30-34)10-33-21(38)32(9-14(35)22(24,25)26)17(31-33)11-4-6-12(23)7-5-11/h2-8,14,35H,9-10H2,1H3,(H2,27,36)/t14-/m0/s1. The fourth-order valence-electron chi connectivity index (χ4n) is 3.50. The van der Waals surface area contributed by atoms with E-state index < -0.39 is 48.8 Å². The van der Waals surface area contributed by atoms with Gasteiger partial charge >= 0.3 is 17.8 Å². The number of methoxy groups -OCH3 is 1. The van der Waals surface area contributed by atoms with Crippen LogP contribution in [0, 0.1) is 0 Å². The van der Waals surface area contributed by atoms with Crippen molar-refractivity contribution in [2.75, 3.05) is 7.11 Å². The number of amides is 1. The third kappa shape index (κ3) is 5.65. The Morgan fingerprint density at radius 3 is 2.49 bits per heavy atom. The van der Waals surface area contributed by atoms with Crippen LogP contribution in [0.4, 0.5) is 13.2 Å². The maximum absolute atomic E-state index is 13.1. The molecule has 3 N–H and O–H groups in total. The fourth-order valence-corrected chi connectivity index (χ4v) is 3.62. The molecule has 4 aromatic rings. The molecule has 0 spiro atoms. The Hall–Kier alpha value is -4.57. The lowest BCUT2D eigenvalue weighted by Gasteiger charge is -2.15. The van der Waals surface area contributed by atoms with Crippen LogP contribution in [0.2, 0.25) is 5.02 Å². The Kier molecular flexibility index (Phi) is 7.51. The number of carbonyl (C=O) groups excluding carboxylic acids is 2. The van der Waals surface area contributed by atoms with Gasteiger partial charge in [-0.15, -0.1) is 10.2 Å². The third-order valence-corrected chi connectivity index (χ3v) is 5.57. The van der Waals surface area contributed by atoms with E-state index in [9.17, 15) is 32.7 Å². The van der Waals surface area contributed by atoms with Gasteiger partial charge in [0.25, 0.3) is 5.91 Å². The van der Waals surface area contributed by atoms with E-state index in [1.165, 1.54) is 42.6 Å². The number of aliphatic hydroxyl groups excluding tert-OH is 1. The zero-order valence-corrected chi connectivity index (χ0v) is 20.6. The fraction of sp³-hybridized carbons (Fsp3) is 0.227.